The number of aryl methyl sites for hydroxylation is 2. The maximum Gasteiger partial charge on any atom is 0.416 e. The van der Waals surface area contributed by atoms with E-state index >= 15 is 0 Å². The third-order valence-electron chi connectivity index (χ3n) is 4.06. The largest absolute Gasteiger partial charge is 0.416 e. The van der Waals surface area contributed by atoms with E-state index in [-0.39, 0.29) is 28.7 Å². The number of hydrogen-bond acceptors (Lipinski definition) is 5. The van der Waals surface area contributed by atoms with Crippen molar-refractivity contribution in [3.63, 3.8) is 0 Å². The van der Waals surface area contributed by atoms with Gasteiger partial charge < -0.3 is 4.52 Å². The summed E-state index contributed by atoms with van der Waals surface area (Å²) >= 11 is 0.935. The van der Waals surface area contributed by atoms with E-state index in [1.165, 1.54) is 6.20 Å². The lowest BCUT2D eigenvalue weighted by Gasteiger charge is -2.13. The minimum atomic E-state index is -4.92. The van der Waals surface area contributed by atoms with Gasteiger partial charge in [0.05, 0.1) is 16.8 Å². The predicted molar refractivity (Wildman–Crippen MR) is 95.3 cm³/mol. The molecule has 0 saturated carbocycles. The number of nitrogens with zero attached hydrogens (tertiary/aromatic N) is 2. The van der Waals surface area contributed by atoms with Crippen molar-refractivity contribution in [2.45, 2.75) is 32.6 Å². The Bertz CT molecular complexity index is 1030. The van der Waals surface area contributed by atoms with Crippen LogP contribution in [0, 0.1) is 13.8 Å². The molecule has 12 heteroatoms. The van der Waals surface area contributed by atoms with Crippen LogP contribution in [-0.2, 0) is 18.8 Å². The fraction of sp³-hybridized carbons (Fsp3) is 0.278. The van der Waals surface area contributed by atoms with Crippen molar-refractivity contribution in [3.8, 4) is 0 Å². The van der Waals surface area contributed by atoms with Gasteiger partial charge in [0, 0.05) is 17.5 Å². The van der Waals surface area contributed by atoms with E-state index in [9.17, 15) is 31.1 Å². The van der Waals surface area contributed by atoms with Gasteiger partial charge in [-0.15, -0.1) is 11.3 Å². The van der Waals surface area contributed by atoms with E-state index in [1.807, 2.05) is 0 Å². The highest BCUT2D eigenvalue weighted by atomic mass is 32.1. The van der Waals surface area contributed by atoms with Gasteiger partial charge in [0.1, 0.15) is 11.3 Å². The summed E-state index contributed by atoms with van der Waals surface area (Å²) in [6.07, 6.45) is -8.78. The summed E-state index contributed by atoms with van der Waals surface area (Å²) in [4.78, 5) is 16.6. The standard InChI is InChI=1S/C18H13F6N3O2S/c1-8-14(9(2)29-27-8)15(28)26-16-25-7-13(30-16)5-10-3-11(17(19,20)21)6-12(4-10)18(22,23)24/h3-4,6-7H,5H2,1-2H3,(H,25,26,28). The number of amides is 1. The van der Waals surface area contributed by atoms with Gasteiger partial charge in [-0.25, -0.2) is 4.98 Å². The van der Waals surface area contributed by atoms with Crippen LogP contribution in [0.2, 0.25) is 0 Å². The Labute approximate surface area is 169 Å². The van der Waals surface area contributed by atoms with E-state index in [0.29, 0.717) is 28.5 Å². The molecule has 0 aliphatic rings. The average molecular weight is 449 g/mol. The molecule has 0 fully saturated rings. The van der Waals surface area contributed by atoms with Crippen LogP contribution in [0.5, 0.6) is 0 Å². The van der Waals surface area contributed by atoms with Crippen molar-refractivity contribution in [2.75, 3.05) is 5.32 Å². The van der Waals surface area contributed by atoms with Gasteiger partial charge in [-0.2, -0.15) is 26.3 Å². The van der Waals surface area contributed by atoms with Crippen LogP contribution in [0.25, 0.3) is 0 Å². The summed E-state index contributed by atoms with van der Waals surface area (Å²) in [5.41, 5.74) is -2.36. The maximum atomic E-state index is 13.0. The number of alkyl halides is 6. The molecule has 30 heavy (non-hydrogen) atoms. The van der Waals surface area contributed by atoms with Crippen LogP contribution < -0.4 is 5.32 Å². The third-order valence-corrected chi connectivity index (χ3v) is 4.97. The summed E-state index contributed by atoms with van der Waals surface area (Å²) in [5, 5.41) is 6.31. The molecular weight excluding hydrogens is 436 g/mol. The molecule has 1 N–H and O–H groups in total. The number of carbonyl (C=O) groups is 1. The first-order valence-electron chi connectivity index (χ1n) is 8.32. The van der Waals surface area contributed by atoms with E-state index in [0.717, 1.165) is 11.3 Å². The van der Waals surface area contributed by atoms with Gasteiger partial charge in [0.15, 0.2) is 5.13 Å². The van der Waals surface area contributed by atoms with Crippen LogP contribution in [0.1, 0.15) is 43.4 Å². The first-order chi connectivity index (χ1) is 13.8. The Balaban J connectivity index is 1.83. The molecule has 0 radical (unpaired) electrons. The Hall–Kier alpha value is -2.89. The zero-order valence-corrected chi connectivity index (χ0v) is 16.2. The quantitative estimate of drug-likeness (QED) is 0.525. The van der Waals surface area contributed by atoms with E-state index in [2.05, 4.69) is 15.5 Å². The third kappa shape index (κ3) is 4.81. The second-order valence-corrected chi connectivity index (χ2v) is 7.49. The van der Waals surface area contributed by atoms with Gasteiger partial charge in [-0.1, -0.05) is 5.16 Å². The number of hydrogen-bond donors (Lipinski definition) is 1. The number of nitrogens with one attached hydrogen (secondary N) is 1. The van der Waals surface area contributed by atoms with Crippen LogP contribution in [-0.4, -0.2) is 16.0 Å². The maximum absolute atomic E-state index is 13.0. The minimum Gasteiger partial charge on any atom is -0.361 e. The molecule has 0 aliphatic carbocycles. The molecule has 0 saturated heterocycles. The van der Waals surface area contributed by atoms with E-state index in [1.54, 1.807) is 13.8 Å². The highest BCUT2D eigenvalue weighted by Gasteiger charge is 2.36. The molecule has 0 unspecified atom stereocenters. The zero-order valence-electron chi connectivity index (χ0n) is 15.4. The van der Waals surface area contributed by atoms with E-state index in [4.69, 9.17) is 4.52 Å². The predicted octanol–water partition coefficient (Wildman–Crippen LogP) is 5.63. The lowest BCUT2D eigenvalue weighted by Crippen LogP contribution is -2.13. The number of aromatic nitrogens is 2. The number of halogens is 6. The monoisotopic (exact) mass is 449 g/mol. The van der Waals surface area contributed by atoms with Crippen molar-refractivity contribution >= 4 is 22.4 Å². The molecule has 0 aliphatic heterocycles. The molecular formula is C18H13F6N3O2S. The summed E-state index contributed by atoms with van der Waals surface area (Å²) < 4.78 is 82.8. The number of thiazole rings is 1. The van der Waals surface area contributed by atoms with Crippen molar-refractivity contribution < 1.29 is 35.7 Å². The molecule has 0 spiro atoms. The second kappa shape index (κ2) is 7.74. The summed E-state index contributed by atoms with van der Waals surface area (Å²) in [6, 6.07) is 1.40. The zero-order chi connectivity index (χ0) is 22.3. The van der Waals surface area contributed by atoms with Gasteiger partial charge in [0.2, 0.25) is 0 Å². The SMILES string of the molecule is Cc1noc(C)c1C(=O)Nc1ncc(Cc2cc(C(F)(F)F)cc(C(F)(F)F)c2)s1. The smallest absolute Gasteiger partial charge is 0.361 e. The molecule has 2 heterocycles. The Morgan fingerprint density at radius 3 is 2.17 bits per heavy atom. The Morgan fingerprint density at radius 1 is 1.07 bits per heavy atom. The lowest BCUT2D eigenvalue weighted by molar-refractivity contribution is -0.143. The van der Waals surface area contributed by atoms with Crippen LogP contribution in [0.15, 0.2) is 28.9 Å². The summed E-state index contributed by atoms with van der Waals surface area (Å²) in [6.45, 7) is 3.12. The van der Waals surface area contributed by atoms with Crippen molar-refractivity contribution in [1.29, 1.82) is 0 Å². The van der Waals surface area contributed by atoms with Crippen LogP contribution in [0.3, 0.4) is 0 Å². The molecule has 1 amide bonds. The number of rotatable bonds is 4. The van der Waals surface area contributed by atoms with E-state index < -0.39 is 29.4 Å². The fourth-order valence-electron chi connectivity index (χ4n) is 2.74. The molecule has 3 rings (SSSR count). The minimum absolute atomic E-state index is 0.0748. The molecule has 2 aromatic heterocycles. The molecule has 5 nitrogen and oxygen atoms in total. The summed E-state index contributed by atoms with van der Waals surface area (Å²) in [5.74, 6) is -0.240. The Morgan fingerprint density at radius 2 is 1.67 bits per heavy atom. The lowest BCUT2D eigenvalue weighted by atomic mass is 10.0. The first kappa shape index (κ1) is 21.8. The molecule has 3 aromatic rings. The molecule has 0 atom stereocenters. The van der Waals surface area contributed by atoms with Gasteiger partial charge in [-0.3, -0.25) is 10.1 Å². The highest BCUT2D eigenvalue weighted by molar-refractivity contribution is 7.15. The fourth-order valence-corrected chi connectivity index (χ4v) is 3.58. The van der Waals surface area contributed by atoms with Crippen LogP contribution in [0.4, 0.5) is 31.5 Å². The van der Waals surface area contributed by atoms with Gasteiger partial charge >= 0.3 is 12.4 Å². The summed E-state index contributed by atoms with van der Waals surface area (Å²) in [7, 11) is 0. The molecule has 160 valence electrons. The van der Waals surface area contributed by atoms with Crippen molar-refractivity contribution in [2.24, 2.45) is 0 Å². The Kier molecular flexibility index (Phi) is 5.63. The molecule has 0 bridgehead atoms. The number of benzene rings is 1. The number of anilines is 1. The van der Waals surface area contributed by atoms with Crippen molar-refractivity contribution in [3.05, 3.63) is 63.0 Å². The molecule has 1 aromatic carbocycles. The number of carbonyl (C=O) groups excluding carboxylic acids is 1. The second-order valence-electron chi connectivity index (χ2n) is 6.38. The van der Waals surface area contributed by atoms with Gasteiger partial charge in [-0.05, 0) is 37.6 Å². The average Bonchev–Trinajstić information content (AvgIpc) is 3.19. The highest BCUT2D eigenvalue weighted by Crippen LogP contribution is 2.37. The topological polar surface area (TPSA) is 68.0 Å². The first-order valence-corrected chi connectivity index (χ1v) is 9.13. The normalized spacial score (nSPS) is 12.3. The van der Waals surface area contributed by atoms with Crippen LogP contribution >= 0.6 is 11.3 Å². The van der Waals surface area contributed by atoms with Gasteiger partial charge in [0.25, 0.3) is 5.91 Å². The van der Waals surface area contributed by atoms with Crippen molar-refractivity contribution in [1.82, 2.24) is 10.1 Å².